The van der Waals surface area contributed by atoms with Crippen molar-refractivity contribution in [1.82, 2.24) is 0 Å². The van der Waals surface area contributed by atoms with Crippen LogP contribution < -0.4 is 0 Å². The van der Waals surface area contributed by atoms with Gasteiger partial charge in [-0.1, -0.05) is 42.8 Å². The van der Waals surface area contributed by atoms with E-state index in [1.54, 1.807) is 0 Å². The number of hydrogen-bond acceptors (Lipinski definition) is 2. The first kappa shape index (κ1) is 16.4. The van der Waals surface area contributed by atoms with Crippen molar-refractivity contribution in [3.63, 3.8) is 0 Å². The Hall–Kier alpha value is -1.41. The molecule has 0 aliphatic heterocycles. The summed E-state index contributed by atoms with van der Waals surface area (Å²) in [4.78, 5) is 11.0. The first-order valence-corrected chi connectivity index (χ1v) is 8.80. The molecular weight excluding hydrogens is 284 g/mol. The number of aryl methyl sites for hydroxylation is 1. The third-order valence-electron chi connectivity index (χ3n) is 6.55. The lowest BCUT2D eigenvalue weighted by Gasteiger charge is -2.49. The van der Waals surface area contributed by atoms with E-state index in [9.17, 15) is 9.90 Å². The van der Waals surface area contributed by atoms with Gasteiger partial charge >= 0.3 is 0 Å². The molecule has 0 bridgehead atoms. The smallest absolute Gasteiger partial charge is 0.145 e. The van der Waals surface area contributed by atoms with Gasteiger partial charge in [0.2, 0.25) is 0 Å². The highest BCUT2D eigenvalue weighted by atomic mass is 16.3. The average Bonchev–Trinajstić information content (AvgIpc) is 2.79. The summed E-state index contributed by atoms with van der Waals surface area (Å²) in [6.45, 7) is 6.20. The van der Waals surface area contributed by atoms with Gasteiger partial charge in [0, 0.05) is 5.41 Å². The minimum absolute atomic E-state index is 0.0987. The molecule has 23 heavy (non-hydrogen) atoms. The quantitative estimate of drug-likeness (QED) is 0.656. The molecule has 2 nitrogen and oxygen atoms in total. The molecule has 1 aromatic carbocycles. The lowest BCUT2D eigenvalue weighted by Crippen LogP contribution is -2.49. The number of hydrogen-bond donors (Lipinski definition) is 1. The second-order valence-electron chi connectivity index (χ2n) is 7.97. The van der Waals surface area contributed by atoms with Crippen LogP contribution in [-0.4, -0.2) is 17.0 Å². The number of rotatable bonds is 3. The molecule has 2 heteroatoms. The molecule has 0 spiro atoms. The molecule has 0 heterocycles. The predicted octanol–water partition coefficient (Wildman–Crippen LogP) is 4.56. The van der Waals surface area contributed by atoms with E-state index >= 15 is 0 Å². The molecule has 3 rings (SSSR count). The molecule has 2 aliphatic rings. The summed E-state index contributed by atoms with van der Waals surface area (Å²) in [7, 11) is 0. The van der Waals surface area contributed by atoms with E-state index in [0.29, 0.717) is 11.8 Å². The summed E-state index contributed by atoms with van der Waals surface area (Å²) in [6, 6.07) is 8.77. The van der Waals surface area contributed by atoms with Gasteiger partial charge in [-0.05, 0) is 68.9 Å². The number of benzene rings is 1. The molecule has 0 aromatic heterocycles. The van der Waals surface area contributed by atoms with Crippen LogP contribution in [0.3, 0.4) is 0 Å². The molecule has 1 N–H and O–H groups in total. The van der Waals surface area contributed by atoms with Gasteiger partial charge in [0.25, 0.3) is 0 Å². The Kier molecular flexibility index (Phi) is 4.22. The van der Waals surface area contributed by atoms with E-state index in [1.807, 2.05) is 6.92 Å². The maximum absolute atomic E-state index is 11.4. The Bertz CT molecular complexity index is 615. The van der Waals surface area contributed by atoms with E-state index in [4.69, 9.17) is 0 Å². The Balaban J connectivity index is 1.83. The monoisotopic (exact) mass is 312 g/mol. The van der Waals surface area contributed by atoms with Crippen molar-refractivity contribution < 1.29 is 9.90 Å². The lowest BCUT2D eigenvalue weighted by atomic mass is 9.59. The maximum atomic E-state index is 11.4. The summed E-state index contributed by atoms with van der Waals surface area (Å²) in [5.41, 5.74) is 2.72. The van der Waals surface area contributed by atoms with Gasteiger partial charge < -0.3 is 5.11 Å². The fourth-order valence-corrected chi connectivity index (χ4v) is 4.83. The Labute approximate surface area is 139 Å². The fourth-order valence-electron chi connectivity index (χ4n) is 4.83. The summed E-state index contributed by atoms with van der Waals surface area (Å²) < 4.78 is 0. The standard InChI is InChI=1S/C21H28O2/c1-15-4-6-17(7-5-15)18-8-10-20(3)19(12-16(2)14-22)9-11-21(20,23)13-18/h4-7,12,14,18-19,23H,8-11,13H2,1-3H3/t18-,19+,20+,21-/m0/s1. The van der Waals surface area contributed by atoms with Gasteiger partial charge in [-0.15, -0.1) is 0 Å². The van der Waals surface area contributed by atoms with Crippen LogP contribution in [0.1, 0.15) is 63.0 Å². The third kappa shape index (κ3) is 2.78. The topological polar surface area (TPSA) is 37.3 Å². The van der Waals surface area contributed by atoms with Crippen molar-refractivity contribution in [1.29, 1.82) is 0 Å². The number of fused-ring (bicyclic) bond motifs is 1. The van der Waals surface area contributed by atoms with E-state index in [0.717, 1.165) is 44.0 Å². The first-order valence-electron chi connectivity index (χ1n) is 8.80. The molecule has 1 aromatic rings. The van der Waals surface area contributed by atoms with Crippen molar-refractivity contribution in [2.24, 2.45) is 11.3 Å². The highest BCUT2D eigenvalue weighted by molar-refractivity contribution is 5.72. The zero-order chi connectivity index (χ0) is 16.7. The van der Waals surface area contributed by atoms with E-state index in [1.165, 1.54) is 11.1 Å². The van der Waals surface area contributed by atoms with E-state index in [-0.39, 0.29) is 5.41 Å². The minimum atomic E-state index is -0.606. The molecule has 2 saturated carbocycles. The van der Waals surface area contributed by atoms with Gasteiger partial charge in [-0.2, -0.15) is 0 Å². The van der Waals surface area contributed by atoms with Gasteiger partial charge in [0.15, 0.2) is 0 Å². The predicted molar refractivity (Wildman–Crippen MR) is 93.4 cm³/mol. The lowest BCUT2D eigenvalue weighted by molar-refractivity contribution is -0.105. The number of carbonyl (C=O) groups is 1. The largest absolute Gasteiger partial charge is 0.389 e. The molecule has 0 amide bonds. The molecular formula is C21H28O2. The van der Waals surface area contributed by atoms with Crippen LogP contribution in [0, 0.1) is 18.3 Å². The zero-order valence-electron chi connectivity index (χ0n) is 14.5. The normalized spacial score (nSPS) is 37.5. The van der Waals surface area contributed by atoms with Crippen LogP contribution in [0.5, 0.6) is 0 Å². The fraction of sp³-hybridized carbons (Fsp3) is 0.571. The van der Waals surface area contributed by atoms with Crippen molar-refractivity contribution in [3.05, 3.63) is 47.0 Å². The van der Waals surface area contributed by atoms with Crippen LogP contribution in [0.25, 0.3) is 0 Å². The van der Waals surface area contributed by atoms with Crippen molar-refractivity contribution in [3.8, 4) is 0 Å². The molecule has 124 valence electrons. The number of allylic oxidation sites excluding steroid dienone is 2. The van der Waals surface area contributed by atoms with E-state index in [2.05, 4.69) is 44.2 Å². The number of carbonyl (C=O) groups excluding carboxylic acids is 1. The van der Waals surface area contributed by atoms with Crippen LogP contribution in [0.4, 0.5) is 0 Å². The molecule has 2 aliphatic carbocycles. The second kappa shape index (κ2) is 5.90. The van der Waals surface area contributed by atoms with Crippen LogP contribution >= 0.6 is 0 Å². The molecule has 0 radical (unpaired) electrons. The minimum Gasteiger partial charge on any atom is -0.389 e. The second-order valence-corrected chi connectivity index (χ2v) is 7.97. The number of aldehydes is 1. The number of aliphatic hydroxyl groups is 1. The zero-order valence-corrected chi connectivity index (χ0v) is 14.5. The van der Waals surface area contributed by atoms with Gasteiger partial charge in [0.05, 0.1) is 5.60 Å². The SMILES string of the molecule is CC(C=O)=C[C@H]1CC[C@]2(O)C[C@@H](c3ccc(C)cc3)CC[C@]12C. The molecule has 0 saturated heterocycles. The van der Waals surface area contributed by atoms with Gasteiger partial charge in [-0.25, -0.2) is 0 Å². The Morgan fingerprint density at radius 2 is 1.91 bits per heavy atom. The Morgan fingerprint density at radius 1 is 1.22 bits per heavy atom. The van der Waals surface area contributed by atoms with Gasteiger partial charge in [0.1, 0.15) is 6.29 Å². The van der Waals surface area contributed by atoms with E-state index < -0.39 is 5.60 Å². The highest BCUT2D eigenvalue weighted by Crippen LogP contribution is 2.61. The first-order chi connectivity index (χ1) is 10.9. The summed E-state index contributed by atoms with van der Waals surface area (Å²) in [6.07, 6.45) is 7.84. The van der Waals surface area contributed by atoms with Crippen molar-refractivity contribution in [2.75, 3.05) is 0 Å². The average molecular weight is 312 g/mol. The maximum Gasteiger partial charge on any atom is 0.145 e. The molecule has 4 atom stereocenters. The molecule has 2 fully saturated rings. The summed E-state index contributed by atoms with van der Waals surface area (Å²) in [5, 5.41) is 11.4. The van der Waals surface area contributed by atoms with Crippen LogP contribution in [0.2, 0.25) is 0 Å². The van der Waals surface area contributed by atoms with Crippen molar-refractivity contribution in [2.45, 2.75) is 64.4 Å². The van der Waals surface area contributed by atoms with Gasteiger partial charge in [-0.3, -0.25) is 4.79 Å². The summed E-state index contributed by atoms with van der Waals surface area (Å²) >= 11 is 0. The third-order valence-corrected chi connectivity index (χ3v) is 6.55. The molecule has 0 unspecified atom stereocenters. The highest BCUT2D eigenvalue weighted by Gasteiger charge is 2.58. The Morgan fingerprint density at radius 3 is 2.57 bits per heavy atom. The van der Waals surface area contributed by atoms with Crippen molar-refractivity contribution >= 4 is 6.29 Å². The van der Waals surface area contributed by atoms with Crippen LogP contribution in [0.15, 0.2) is 35.9 Å². The summed E-state index contributed by atoms with van der Waals surface area (Å²) in [5.74, 6) is 0.764. The van der Waals surface area contributed by atoms with Crippen LogP contribution in [-0.2, 0) is 4.79 Å².